The maximum absolute atomic E-state index is 15.0. The number of hydrogen-bond acceptors (Lipinski definition) is 6. The number of thioether (sulfide) groups is 1. The average molecular weight is 1230 g/mol. The molecule has 1 heterocycles. The molecule has 7 aliphatic rings. The van der Waals surface area contributed by atoms with Crippen LogP contribution in [0.25, 0.3) is 0 Å². The van der Waals surface area contributed by atoms with Crippen LogP contribution >= 0.6 is 11.8 Å². The van der Waals surface area contributed by atoms with Crippen LogP contribution in [0.4, 0.5) is 35.4 Å². The number of hydrogen-bond donors (Lipinski definition) is 1. The summed E-state index contributed by atoms with van der Waals surface area (Å²) in [6.45, 7) is 9.11. The SMILES string of the molecule is C.CCC1CCC(C2CCC(C3=[S+]CCCS3)CC2)CC1.CCCC1CCC(c2ccc(O)c(F)c2)CC1.CCCC1CCC(c2ccc(OC(F)(F)C3CCC(C4CCC(CC)CC4)CC3)c(F)c2)CC1.F.O=S(=O)([O-])C(F)(F)F.[HH].[HH].[HH].[HH].[HH].[HH].[HH]. The number of halogens is 8. The molecule has 1 N–H and O–H groups in total. The smallest absolute Gasteiger partial charge is 0.485 e. The van der Waals surface area contributed by atoms with Gasteiger partial charge in [0.05, 0.1) is 5.92 Å². The Hall–Kier alpha value is -2.17. The van der Waals surface area contributed by atoms with Crippen LogP contribution in [0.1, 0.15) is 267 Å². The molecule has 0 spiro atoms. The van der Waals surface area contributed by atoms with Crippen LogP contribution < -0.4 is 4.74 Å². The summed E-state index contributed by atoms with van der Waals surface area (Å²) in [6.07, 6.45) is 35.3. The van der Waals surface area contributed by atoms with Gasteiger partial charge in [-0.3, -0.25) is 4.70 Å². The van der Waals surface area contributed by atoms with Gasteiger partial charge < -0.3 is 14.4 Å². The van der Waals surface area contributed by atoms with E-state index in [1.165, 1.54) is 171 Å². The van der Waals surface area contributed by atoms with E-state index in [4.69, 9.17) is 17.7 Å². The fourth-order valence-electron chi connectivity index (χ4n) is 14.8. The molecule has 16 heteroatoms. The van der Waals surface area contributed by atoms with Gasteiger partial charge in [-0.25, -0.2) is 17.2 Å². The van der Waals surface area contributed by atoms with E-state index in [1.54, 1.807) is 12.8 Å². The van der Waals surface area contributed by atoms with Crippen molar-refractivity contribution in [3.05, 3.63) is 59.2 Å². The zero-order chi connectivity index (χ0) is 57.2. The molecule has 0 radical (unpaired) electrons. The predicted octanol–water partition coefficient (Wildman–Crippen LogP) is 22.4. The lowest BCUT2D eigenvalue weighted by Crippen LogP contribution is -2.38. The lowest BCUT2D eigenvalue weighted by Gasteiger charge is -2.39. The molecule has 480 valence electrons. The molecule has 0 atom stereocenters. The monoisotopic (exact) mass is 1220 g/mol. The average Bonchev–Trinajstić information content (AvgIpc) is 2.80. The molecule has 0 aromatic heterocycles. The van der Waals surface area contributed by atoms with E-state index in [2.05, 4.69) is 50.8 Å². The van der Waals surface area contributed by atoms with Crippen LogP contribution in [-0.2, 0) is 21.5 Å². The van der Waals surface area contributed by atoms with Gasteiger partial charge in [0.25, 0.3) is 0 Å². The topological polar surface area (TPSA) is 86.7 Å². The van der Waals surface area contributed by atoms with Crippen LogP contribution in [-0.4, -0.2) is 45.4 Å². The third kappa shape index (κ3) is 22.2. The first-order chi connectivity index (χ1) is 37.7. The summed E-state index contributed by atoms with van der Waals surface area (Å²) in [5.74, 6) is 9.13. The van der Waals surface area contributed by atoms with E-state index < -0.39 is 39.3 Å². The summed E-state index contributed by atoms with van der Waals surface area (Å²) >= 11 is 4.38. The van der Waals surface area contributed by atoms with E-state index in [9.17, 15) is 27.1 Å². The minimum Gasteiger partial charge on any atom is -0.741 e. The molecule has 0 bridgehead atoms. The van der Waals surface area contributed by atoms with Gasteiger partial charge in [0.1, 0.15) is 0 Å². The number of benzene rings is 2. The van der Waals surface area contributed by atoms with Crippen LogP contribution in [0.2, 0.25) is 0 Å². The molecular weight excluding hydrogens is 1110 g/mol. The van der Waals surface area contributed by atoms with Gasteiger partial charge in [-0.15, -0.1) is 0 Å². The molecular formula is C65H116F8O5S3. The maximum Gasteiger partial charge on any atom is 0.485 e. The molecule has 81 heavy (non-hydrogen) atoms. The molecule has 6 aliphatic carbocycles. The van der Waals surface area contributed by atoms with E-state index in [0.717, 1.165) is 91.1 Å². The first-order valence-electron chi connectivity index (χ1n) is 31.2. The maximum atomic E-state index is 15.0. The van der Waals surface area contributed by atoms with E-state index in [1.807, 2.05) is 16.3 Å². The summed E-state index contributed by atoms with van der Waals surface area (Å²) in [5, 5.41) is 9.18. The zero-order valence-electron chi connectivity index (χ0n) is 48.6. The quantitative estimate of drug-likeness (QED) is 0.0667. The molecule has 9 rings (SSSR count). The molecule has 2 aromatic carbocycles. The summed E-state index contributed by atoms with van der Waals surface area (Å²) in [4.78, 5) is 0. The second-order valence-electron chi connectivity index (χ2n) is 24.9. The first kappa shape index (κ1) is 71.3. The fraction of sp³-hybridized carbons (Fsp3) is 0.800. The molecule has 0 amide bonds. The Bertz CT molecular complexity index is 2250. The normalized spacial score (nSPS) is 30.1. The summed E-state index contributed by atoms with van der Waals surface area (Å²) < 4.78 is 124. The standard InChI is InChI=1S/C30H45F3O.C18H31S2.C15H21FO.CHF3O3S.CH4.FH.7H2/c1-3-5-22-8-12-25(13-9-22)26-16-19-29(28(31)20-26)34-30(32,33)27-17-14-24(15-18-27)23-10-6-21(4-2)7-11-23;1-2-14-4-6-15(7-5-14)16-8-10-17(11-9-16)18-19-12-3-13-20-18;1-2-3-11-4-6-12(7-5-11)13-8-9-15(17)14(16)10-13;2-1(3,4)8(5,6)7;;;;;;;;;/h16,19-25,27H,3-15,17-18H2,1-2H3;14-17H,2-13H2,1H3;8-12,17H,2-7H2,1H3;(H,5,6,7);1H4;8*1H/q;+1;;;;;;;;;;;/p-1. The van der Waals surface area contributed by atoms with Crippen molar-refractivity contribution >= 4 is 37.4 Å². The van der Waals surface area contributed by atoms with Crippen molar-refractivity contribution in [2.45, 2.75) is 258 Å². The zero-order valence-corrected chi connectivity index (χ0v) is 51.0. The highest BCUT2D eigenvalue weighted by Crippen LogP contribution is 2.48. The number of aromatic hydroxyl groups is 1. The summed E-state index contributed by atoms with van der Waals surface area (Å²) in [5.41, 5.74) is -3.66. The number of rotatable bonds is 14. The van der Waals surface area contributed by atoms with Gasteiger partial charge in [-0.1, -0.05) is 123 Å². The molecule has 0 saturated heterocycles. The summed E-state index contributed by atoms with van der Waals surface area (Å²) in [7, 11) is -6.09. The first-order valence-corrected chi connectivity index (χ1v) is 34.6. The Morgan fingerprint density at radius 1 is 0.593 bits per heavy atom. The van der Waals surface area contributed by atoms with Crippen molar-refractivity contribution in [1.82, 2.24) is 0 Å². The van der Waals surface area contributed by atoms with Crippen LogP contribution in [0, 0.1) is 70.8 Å². The Labute approximate surface area is 502 Å². The number of phenolic OH excluding ortho intramolecular Hbond substituents is 1. The lowest BCUT2D eigenvalue weighted by molar-refractivity contribution is -0.225. The molecule has 6 fully saturated rings. The third-order valence-electron chi connectivity index (χ3n) is 19.9. The third-order valence-corrected chi connectivity index (χ3v) is 23.4. The van der Waals surface area contributed by atoms with Crippen molar-refractivity contribution in [2.75, 3.05) is 11.5 Å². The second kappa shape index (κ2) is 34.8. The van der Waals surface area contributed by atoms with Crippen LogP contribution in [0.15, 0.2) is 36.4 Å². The Kier molecular flexibility index (Phi) is 30.7. The predicted molar refractivity (Wildman–Crippen MR) is 336 cm³/mol. The highest BCUT2D eigenvalue weighted by atomic mass is 32.2. The Morgan fingerprint density at radius 3 is 1.35 bits per heavy atom. The van der Waals surface area contributed by atoms with Gasteiger partial charge >= 0.3 is 11.6 Å². The summed E-state index contributed by atoms with van der Waals surface area (Å²) in [6, 6.07) is 9.53. The number of alkyl halides is 5. The lowest BCUT2D eigenvalue weighted by atomic mass is 9.69. The highest BCUT2D eigenvalue weighted by molar-refractivity contribution is 8.23. The van der Waals surface area contributed by atoms with Crippen LogP contribution in [0.3, 0.4) is 0 Å². The number of ether oxygens (including phenoxy) is 1. The number of phenols is 1. The van der Waals surface area contributed by atoms with E-state index in [0.29, 0.717) is 36.5 Å². The molecule has 1 aliphatic heterocycles. The molecule has 2 aromatic rings. The van der Waals surface area contributed by atoms with Gasteiger partial charge in [-0.2, -0.15) is 22.0 Å². The van der Waals surface area contributed by atoms with E-state index in [-0.39, 0.29) is 33.6 Å². The second-order valence-corrected chi connectivity index (χ2v) is 28.9. The largest absolute Gasteiger partial charge is 0.741 e. The minimum absolute atomic E-state index is 0. The van der Waals surface area contributed by atoms with Crippen molar-refractivity contribution in [2.24, 2.45) is 59.2 Å². The van der Waals surface area contributed by atoms with Gasteiger partial charge in [0, 0.05) is 28.1 Å². The van der Waals surface area contributed by atoms with Crippen LogP contribution in [0.5, 0.6) is 11.5 Å². The Balaban J connectivity index is -0.000000567. The molecule has 6 saturated carbocycles. The molecule has 0 unspecified atom stereocenters. The van der Waals surface area contributed by atoms with E-state index >= 15 is 8.78 Å². The minimum atomic E-state index is -6.09. The van der Waals surface area contributed by atoms with Crippen molar-refractivity contribution in [3.8, 4) is 11.5 Å². The Morgan fingerprint density at radius 2 is 0.975 bits per heavy atom. The van der Waals surface area contributed by atoms with Gasteiger partial charge in [-0.05, 0) is 223 Å². The van der Waals surface area contributed by atoms with Crippen molar-refractivity contribution in [1.29, 1.82) is 0 Å². The fourth-order valence-corrected chi connectivity index (χ4v) is 17.8. The van der Waals surface area contributed by atoms with Crippen molar-refractivity contribution < 1.29 is 68.2 Å². The van der Waals surface area contributed by atoms with Gasteiger partial charge in [0.15, 0.2) is 50.4 Å². The molecule has 5 nitrogen and oxygen atoms in total. The van der Waals surface area contributed by atoms with Crippen molar-refractivity contribution in [3.63, 3.8) is 0 Å². The van der Waals surface area contributed by atoms with Gasteiger partial charge in [0.2, 0.25) is 4.20 Å². The highest BCUT2D eigenvalue weighted by Gasteiger charge is 2.46.